The first-order valence-corrected chi connectivity index (χ1v) is 6.80. The molecule has 1 aliphatic carbocycles. The van der Waals surface area contributed by atoms with Crippen molar-refractivity contribution < 1.29 is 14.3 Å². The van der Waals surface area contributed by atoms with Gasteiger partial charge in [0.05, 0.1) is 0 Å². The van der Waals surface area contributed by atoms with E-state index < -0.39 is 23.1 Å². The zero-order chi connectivity index (χ0) is 15.5. The van der Waals surface area contributed by atoms with Gasteiger partial charge in [-0.1, -0.05) is 27.7 Å². The number of Topliss-reactive ketones (excluding diaryl/α,β-unsaturated/α-hetero) is 1. The predicted molar refractivity (Wildman–Crippen MR) is 77.2 cm³/mol. The first-order chi connectivity index (χ1) is 9.00. The number of aliphatic hydroxyl groups excluding tert-OH is 1. The molecule has 0 aliphatic heterocycles. The molecule has 0 saturated carbocycles. The van der Waals surface area contributed by atoms with E-state index in [1.165, 1.54) is 6.07 Å². The zero-order valence-electron chi connectivity index (χ0n) is 12.7. The number of halogens is 1. The van der Waals surface area contributed by atoms with Crippen LogP contribution in [-0.4, -0.2) is 17.0 Å². The summed E-state index contributed by atoms with van der Waals surface area (Å²) in [4.78, 5) is 12.6. The van der Waals surface area contributed by atoms with Crippen LogP contribution in [0.3, 0.4) is 0 Å². The molecule has 1 aromatic carbocycles. The highest BCUT2D eigenvalue weighted by atomic mass is 19.1. The predicted octanol–water partition coefficient (Wildman–Crippen LogP) is 2.87. The first-order valence-electron chi connectivity index (χ1n) is 6.80. The second kappa shape index (κ2) is 4.29. The summed E-state index contributed by atoms with van der Waals surface area (Å²) >= 11 is 0. The van der Waals surface area contributed by atoms with Crippen molar-refractivity contribution in [1.29, 1.82) is 0 Å². The lowest BCUT2D eigenvalue weighted by Crippen LogP contribution is -2.45. The molecule has 0 amide bonds. The van der Waals surface area contributed by atoms with Gasteiger partial charge in [-0.15, -0.1) is 0 Å². The van der Waals surface area contributed by atoms with Crippen LogP contribution in [0, 0.1) is 23.6 Å². The molecule has 0 radical (unpaired) electrons. The maximum Gasteiger partial charge on any atom is 0.194 e. The van der Waals surface area contributed by atoms with Crippen LogP contribution in [0.15, 0.2) is 6.07 Å². The number of nitrogen functional groups attached to an aromatic ring is 1. The van der Waals surface area contributed by atoms with Gasteiger partial charge in [0.15, 0.2) is 5.78 Å². The Morgan fingerprint density at radius 1 is 1.35 bits per heavy atom. The fourth-order valence-electron chi connectivity index (χ4n) is 2.84. The van der Waals surface area contributed by atoms with Gasteiger partial charge in [0.25, 0.3) is 0 Å². The van der Waals surface area contributed by atoms with Gasteiger partial charge < -0.3 is 10.8 Å². The summed E-state index contributed by atoms with van der Waals surface area (Å²) in [6.07, 6.45) is -0.641. The van der Waals surface area contributed by atoms with Crippen LogP contribution in [0.5, 0.6) is 0 Å². The summed E-state index contributed by atoms with van der Waals surface area (Å²) in [6, 6.07) is 1.17. The average Bonchev–Trinajstić information content (AvgIpc) is 2.37. The highest BCUT2D eigenvalue weighted by Crippen LogP contribution is 2.48. The van der Waals surface area contributed by atoms with Crippen molar-refractivity contribution in [1.82, 2.24) is 0 Å². The maximum absolute atomic E-state index is 13.9. The summed E-state index contributed by atoms with van der Waals surface area (Å²) in [5, 5.41) is 10.5. The van der Waals surface area contributed by atoms with E-state index in [4.69, 9.17) is 5.73 Å². The Kier molecular flexibility index (Phi) is 3.21. The van der Waals surface area contributed by atoms with Crippen LogP contribution in [0.4, 0.5) is 10.1 Å². The Bertz CT molecular complexity index is 591. The second-order valence-electron chi connectivity index (χ2n) is 6.98. The lowest BCUT2D eigenvalue weighted by molar-refractivity contribution is -0.0182. The van der Waals surface area contributed by atoms with Gasteiger partial charge in [-0.3, -0.25) is 4.79 Å². The van der Waals surface area contributed by atoms with E-state index in [0.717, 1.165) is 0 Å². The molecule has 2 rings (SSSR count). The standard InChI is InChI=1S/C16H22FNO2/c1-8-9-7-15(2,3)16(4,5)14(20)13(19)12(9)11(18)6-10(8)17/h6,14,20H,7,18H2,1-5H3. The highest BCUT2D eigenvalue weighted by molar-refractivity contribution is 6.06. The Morgan fingerprint density at radius 2 is 1.90 bits per heavy atom. The number of hydrogen-bond donors (Lipinski definition) is 2. The van der Waals surface area contributed by atoms with Crippen LogP contribution in [0.1, 0.15) is 49.2 Å². The van der Waals surface area contributed by atoms with E-state index in [9.17, 15) is 14.3 Å². The van der Waals surface area contributed by atoms with Crippen molar-refractivity contribution in [2.75, 3.05) is 5.73 Å². The molecule has 0 bridgehead atoms. The molecule has 0 saturated heterocycles. The van der Waals surface area contributed by atoms with Crippen molar-refractivity contribution in [3.63, 3.8) is 0 Å². The second-order valence-corrected chi connectivity index (χ2v) is 6.98. The molecule has 1 unspecified atom stereocenters. The fraction of sp³-hybridized carbons (Fsp3) is 0.562. The van der Waals surface area contributed by atoms with E-state index in [2.05, 4.69) is 0 Å². The van der Waals surface area contributed by atoms with Crippen LogP contribution in [-0.2, 0) is 6.42 Å². The zero-order valence-corrected chi connectivity index (χ0v) is 12.7. The molecule has 3 nitrogen and oxygen atoms in total. The lowest BCUT2D eigenvalue weighted by Gasteiger charge is -2.42. The minimum atomic E-state index is -1.15. The van der Waals surface area contributed by atoms with Crippen molar-refractivity contribution in [2.24, 2.45) is 10.8 Å². The monoisotopic (exact) mass is 279 g/mol. The Balaban J connectivity index is 2.80. The molecule has 20 heavy (non-hydrogen) atoms. The van der Waals surface area contributed by atoms with Crippen molar-refractivity contribution >= 4 is 11.5 Å². The van der Waals surface area contributed by atoms with Crippen LogP contribution in [0.25, 0.3) is 0 Å². The van der Waals surface area contributed by atoms with Crippen LogP contribution < -0.4 is 5.73 Å². The minimum Gasteiger partial charge on any atom is -0.398 e. The summed E-state index contributed by atoms with van der Waals surface area (Å²) in [6.45, 7) is 9.35. The quantitative estimate of drug-likeness (QED) is 0.567. The lowest BCUT2D eigenvalue weighted by atomic mass is 9.63. The van der Waals surface area contributed by atoms with Gasteiger partial charge in [-0.2, -0.15) is 0 Å². The summed E-state index contributed by atoms with van der Waals surface area (Å²) in [5.41, 5.74) is 6.32. The number of anilines is 1. The first kappa shape index (κ1) is 15.0. The molecule has 0 heterocycles. The Morgan fingerprint density at radius 3 is 2.45 bits per heavy atom. The molecular weight excluding hydrogens is 257 g/mol. The van der Waals surface area contributed by atoms with Crippen molar-refractivity contribution in [3.8, 4) is 0 Å². The number of nitrogens with two attached hydrogens (primary N) is 1. The molecule has 1 atom stereocenters. The fourth-order valence-corrected chi connectivity index (χ4v) is 2.84. The molecule has 3 N–H and O–H groups in total. The largest absolute Gasteiger partial charge is 0.398 e. The molecule has 110 valence electrons. The Labute approximate surface area is 119 Å². The number of ketones is 1. The topological polar surface area (TPSA) is 63.3 Å². The summed E-state index contributed by atoms with van der Waals surface area (Å²) < 4.78 is 13.9. The van der Waals surface area contributed by atoms with Gasteiger partial charge in [0.2, 0.25) is 0 Å². The number of carbonyl (C=O) groups is 1. The van der Waals surface area contributed by atoms with Gasteiger partial charge in [-0.05, 0) is 36.0 Å². The van der Waals surface area contributed by atoms with E-state index in [0.29, 0.717) is 17.5 Å². The minimum absolute atomic E-state index is 0.112. The normalized spacial score (nSPS) is 24.1. The molecule has 1 aliphatic rings. The maximum atomic E-state index is 13.9. The molecule has 0 spiro atoms. The third kappa shape index (κ3) is 1.85. The number of aliphatic hydroxyl groups is 1. The molecule has 1 aromatic rings. The highest BCUT2D eigenvalue weighted by Gasteiger charge is 2.49. The van der Waals surface area contributed by atoms with E-state index >= 15 is 0 Å². The van der Waals surface area contributed by atoms with E-state index in [1.54, 1.807) is 6.92 Å². The van der Waals surface area contributed by atoms with Gasteiger partial charge in [-0.25, -0.2) is 4.39 Å². The molecular formula is C16H22FNO2. The third-order valence-corrected chi connectivity index (χ3v) is 5.22. The summed E-state index contributed by atoms with van der Waals surface area (Å²) in [7, 11) is 0. The molecule has 4 heteroatoms. The molecule has 0 aromatic heterocycles. The van der Waals surface area contributed by atoms with Crippen LogP contribution in [0.2, 0.25) is 0 Å². The SMILES string of the molecule is Cc1c(F)cc(N)c2c1CC(C)(C)C(C)(C)C(O)C2=O. The van der Waals surface area contributed by atoms with Gasteiger partial charge >= 0.3 is 0 Å². The van der Waals surface area contributed by atoms with Gasteiger partial charge in [0.1, 0.15) is 11.9 Å². The number of benzene rings is 1. The van der Waals surface area contributed by atoms with E-state index in [-0.39, 0.29) is 16.7 Å². The number of rotatable bonds is 0. The number of carbonyl (C=O) groups excluding carboxylic acids is 1. The van der Waals surface area contributed by atoms with Crippen molar-refractivity contribution in [2.45, 2.75) is 47.1 Å². The smallest absolute Gasteiger partial charge is 0.194 e. The number of hydrogen-bond acceptors (Lipinski definition) is 3. The van der Waals surface area contributed by atoms with E-state index in [1.807, 2.05) is 27.7 Å². The van der Waals surface area contributed by atoms with Crippen LogP contribution >= 0.6 is 0 Å². The molecule has 0 fully saturated rings. The number of fused-ring (bicyclic) bond motifs is 1. The average molecular weight is 279 g/mol. The van der Waals surface area contributed by atoms with Gasteiger partial charge in [0, 0.05) is 16.7 Å². The van der Waals surface area contributed by atoms with Crippen molar-refractivity contribution in [3.05, 3.63) is 28.6 Å². The Hall–Kier alpha value is -1.42. The summed E-state index contributed by atoms with van der Waals surface area (Å²) in [5.74, 6) is -0.810. The third-order valence-electron chi connectivity index (χ3n) is 5.22.